The van der Waals surface area contributed by atoms with Crippen LogP contribution in [0.5, 0.6) is 0 Å². The number of nitrogens with one attached hydrogen (secondary N) is 1. The SMILES string of the molecule is c1cncc(-c2nc3c(N4CCNCC4)cccc3o2)c1. The first kappa shape index (κ1) is 12.3. The maximum Gasteiger partial charge on any atom is 0.228 e. The fourth-order valence-corrected chi connectivity index (χ4v) is 2.71. The van der Waals surface area contributed by atoms with Gasteiger partial charge in [-0.05, 0) is 24.3 Å². The molecule has 21 heavy (non-hydrogen) atoms. The minimum atomic E-state index is 0.626. The van der Waals surface area contributed by atoms with Crippen molar-refractivity contribution in [1.82, 2.24) is 15.3 Å². The lowest BCUT2D eigenvalue weighted by Crippen LogP contribution is -2.43. The number of fused-ring (bicyclic) bond motifs is 1. The Morgan fingerprint density at radius 2 is 2.00 bits per heavy atom. The Kier molecular flexibility index (Phi) is 3.05. The molecule has 1 N–H and O–H groups in total. The monoisotopic (exact) mass is 280 g/mol. The van der Waals surface area contributed by atoms with Gasteiger partial charge in [0.25, 0.3) is 0 Å². The van der Waals surface area contributed by atoms with Crippen LogP contribution in [0.25, 0.3) is 22.6 Å². The zero-order valence-corrected chi connectivity index (χ0v) is 11.6. The predicted octanol–water partition coefficient (Wildman–Crippen LogP) is 2.30. The maximum absolute atomic E-state index is 5.89. The van der Waals surface area contributed by atoms with Gasteiger partial charge in [-0.15, -0.1) is 0 Å². The molecule has 3 aromatic rings. The summed E-state index contributed by atoms with van der Waals surface area (Å²) in [5.41, 5.74) is 3.80. The topological polar surface area (TPSA) is 54.2 Å². The minimum Gasteiger partial charge on any atom is -0.436 e. The Labute approximate surface area is 122 Å². The van der Waals surface area contributed by atoms with E-state index in [1.165, 1.54) is 0 Å². The number of rotatable bonds is 2. The van der Waals surface area contributed by atoms with Gasteiger partial charge in [-0.1, -0.05) is 6.07 Å². The summed E-state index contributed by atoms with van der Waals surface area (Å²) in [6.07, 6.45) is 3.52. The molecule has 2 aromatic heterocycles. The van der Waals surface area contributed by atoms with E-state index >= 15 is 0 Å². The van der Waals surface area contributed by atoms with Crippen LogP contribution in [0.15, 0.2) is 47.1 Å². The van der Waals surface area contributed by atoms with E-state index in [0.717, 1.165) is 48.5 Å². The Morgan fingerprint density at radius 3 is 2.81 bits per heavy atom. The molecule has 0 spiro atoms. The van der Waals surface area contributed by atoms with Crippen LogP contribution in [0.1, 0.15) is 0 Å². The molecule has 0 atom stereocenters. The highest BCUT2D eigenvalue weighted by atomic mass is 16.3. The van der Waals surface area contributed by atoms with Crippen molar-refractivity contribution < 1.29 is 4.42 Å². The van der Waals surface area contributed by atoms with Gasteiger partial charge in [0, 0.05) is 38.6 Å². The van der Waals surface area contributed by atoms with E-state index in [4.69, 9.17) is 4.42 Å². The highest BCUT2D eigenvalue weighted by molar-refractivity contribution is 5.89. The van der Waals surface area contributed by atoms with Gasteiger partial charge in [0.1, 0.15) is 5.52 Å². The summed E-state index contributed by atoms with van der Waals surface area (Å²) < 4.78 is 5.89. The standard InChI is InChI=1S/C16H16N4O/c1-4-13(20-9-7-17-8-10-20)15-14(5-1)21-16(19-15)12-3-2-6-18-11-12/h1-6,11,17H,7-10H2. The van der Waals surface area contributed by atoms with E-state index in [1.807, 2.05) is 24.3 Å². The summed E-state index contributed by atoms with van der Waals surface area (Å²) in [6, 6.07) is 9.96. The van der Waals surface area contributed by atoms with Crippen molar-refractivity contribution in [2.75, 3.05) is 31.1 Å². The number of hydrogen-bond acceptors (Lipinski definition) is 5. The van der Waals surface area contributed by atoms with Crippen molar-refractivity contribution in [2.24, 2.45) is 0 Å². The molecular formula is C16H16N4O. The summed E-state index contributed by atoms with van der Waals surface area (Å²) in [5, 5.41) is 3.37. The molecule has 0 radical (unpaired) electrons. The van der Waals surface area contributed by atoms with Crippen molar-refractivity contribution in [1.29, 1.82) is 0 Å². The summed E-state index contributed by atoms with van der Waals surface area (Å²) >= 11 is 0. The third kappa shape index (κ3) is 2.25. The molecule has 1 aromatic carbocycles. The van der Waals surface area contributed by atoms with Crippen molar-refractivity contribution in [3.63, 3.8) is 0 Å². The predicted molar refractivity (Wildman–Crippen MR) is 82.3 cm³/mol. The molecule has 4 rings (SSSR count). The summed E-state index contributed by atoms with van der Waals surface area (Å²) in [7, 11) is 0. The molecule has 1 saturated heterocycles. The van der Waals surface area contributed by atoms with E-state index in [-0.39, 0.29) is 0 Å². The lowest BCUT2D eigenvalue weighted by atomic mass is 10.2. The van der Waals surface area contributed by atoms with Crippen LogP contribution in [-0.2, 0) is 0 Å². The van der Waals surface area contributed by atoms with E-state index < -0.39 is 0 Å². The second-order valence-electron chi connectivity index (χ2n) is 5.12. The van der Waals surface area contributed by atoms with E-state index in [9.17, 15) is 0 Å². The fourth-order valence-electron chi connectivity index (χ4n) is 2.71. The first-order valence-corrected chi connectivity index (χ1v) is 7.17. The van der Waals surface area contributed by atoms with Crippen molar-refractivity contribution >= 4 is 16.8 Å². The number of para-hydroxylation sites is 1. The summed E-state index contributed by atoms with van der Waals surface area (Å²) in [6.45, 7) is 4.00. The molecule has 1 aliphatic rings. The lowest BCUT2D eigenvalue weighted by molar-refractivity contribution is 0.590. The molecule has 0 saturated carbocycles. The van der Waals surface area contributed by atoms with Gasteiger partial charge in [0.15, 0.2) is 5.58 Å². The molecule has 1 aliphatic heterocycles. The minimum absolute atomic E-state index is 0.626. The number of oxazole rings is 1. The van der Waals surface area contributed by atoms with Gasteiger partial charge in [-0.25, -0.2) is 4.98 Å². The summed E-state index contributed by atoms with van der Waals surface area (Å²) in [4.78, 5) is 11.2. The lowest BCUT2D eigenvalue weighted by Gasteiger charge is -2.29. The number of piperazine rings is 1. The Bertz CT molecular complexity index is 747. The van der Waals surface area contributed by atoms with Gasteiger partial charge in [0.05, 0.1) is 11.3 Å². The van der Waals surface area contributed by atoms with Crippen molar-refractivity contribution in [2.45, 2.75) is 0 Å². The zero-order valence-electron chi connectivity index (χ0n) is 11.6. The summed E-state index contributed by atoms with van der Waals surface area (Å²) in [5.74, 6) is 0.626. The average molecular weight is 280 g/mol. The molecule has 3 heterocycles. The van der Waals surface area contributed by atoms with Gasteiger partial charge in [-0.3, -0.25) is 4.98 Å². The number of hydrogen-bond donors (Lipinski definition) is 1. The molecule has 106 valence electrons. The van der Waals surface area contributed by atoms with Gasteiger partial charge in [-0.2, -0.15) is 0 Å². The Balaban J connectivity index is 1.80. The molecule has 0 bridgehead atoms. The van der Waals surface area contributed by atoms with Crippen molar-refractivity contribution in [3.8, 4) is 11.5 Å². The van der Waals surface area contributed by atoms with Gasteiger partial charge in [0.2, 0.25) is 5.89 Å². The smallest absolute Gasteiger partial charge is 0.228 e. The highest BCUT2D eigenvalue weighted by Gasteiger charge is 2.17. The number of anilines is 1. The molecule has 0 amide bonds. The van der Waals surface area contributed by atoms with Crippen LogP contribution in [-0.4, -0.2) is 36.1 Å². The molecule has 1 fully saturated rings. The number of nitrogens with zero attached hydrogens (tertiary/aromatic N) is 3. The average Bonchev–Trinajstić information content (AvgIpc) is 3.00. The second-order valence-corrected chi connectivity index (χ2v) is 5.12. The van der Waals surface area contributed by atoms with Crippen LogP contribution >= 0.6 is 0 Å². The Hall–Kier alpha value is -2.40. The van der Waals surface area contributed by atoms with Gasteiger partial charge < -0.3 is 14.6 Å². The number of pyridine rings is 1. The van der Waals surface area contributed by atoms with Gasteiger partial charge >= 0.3 is 0 Å². The van der Waals surface area contributed by atoms with Crippen LogP contribution in [0.4, 0.5) is 5.69 Å². The largest absolute Gasteiger partial charge is 0.436 e. The normalized spacial score (nSPS) is 15.5. The second kappa shape index (κ2) is 5.18. The molecule has 5 nitrogen and oxygen atoms in total. The fraction of sp³-hybridized carbons (Fsp3) is 0.250. The third-order valence-corrected chi connectivity index (χ3v) is 3.76. The van der Waals surface area contributed by atoms with E-state index in [2.05, 4.69) is 26.3 Å². The number of aromatic nitrogens is 2. The number of benzene rings is 1. The van der Waals surface area contributed by atoms with Crippen LogP contribution in [0.2, 0.25) is 0 Å². The highest BCUT2D eigenvalue weighted by Crippen LogP contribution is 2.30. The first-order chi connectivity index (χ1) is 10.4. The molecular weight excluding hydrogens is 264 g/mol. The van der Waals surface area contributed by atoms with Crippen LogP contribution < -0.4 is 10.2 Å². The molecule has 0 aliphatic carbocycles. The first-order valence-electron chi connectivity index (χ1n) is 7.17. The zero-order chi connectivity index (χ0) is 14.1. The van der Waals surface area contributed by atoms with E-state index in [1.54, 1.807) is 12.4 Å². The molecule has 5 heteroatoms. The van der Waals surface area contributed by atoms with Crippen LogP contribution in [0, 0.1) is 0 Å². The Morgan fingerprint density at radius 1 is 1.10 bits per heavy atom. The van der Waals surface area contributed by atoms with Crippen molar-refractivity contribution in [3.05, 3.63) is 42.7 Å². The van der Waals surface area contributed by atoms with Crippen LogP contribution in [0.3, 0.4) is 0 Å². The third-order valence-electron chi connectivity index (χ3n) is 3.76. The maximum atomic E-state index is 5.89. The molecule has 0 unspecified atom stereocenters. The quantitative estimate of drug-likeness (QED) is 0.780. The van der Waals surface area contributed by atoms with E-state index in [0.29, 0.717) is 5.89 Å².